The Morgan fingerprint density at radius 2 is 2.17 bits per heavy atom. The Morgan fingerprint density at radius 3 is 2.67 bits per heavy atom. The van der Waals surface area contributed by atoms with Gasteiger partial charge in [-0.3, -0.25) is 4.79 Å². The molecule has 0 N–H and O–H groups in total. The molecule has 4 heteroatoms. The van der Waals surface area contributed by atoms with E-state index >= 15 is 0 Å². The lowest BCUT2D eigenvalue weighted by Gasteiger charge is -1.99. The highest BCUT2D eigenvalue weighted by atomic mass is 35.5. The van der Waals surface area contributed by atoms with E-state index < -0.39 is 4.57 Å². The molecule has 0 saturated carbocycles. The van der Waals surface area contributed by atoms with Crippen LogP contribution in [0.2, 0.25) is 5.02 Å². The first-order valence-corrected chi connectivity index (χ1v) is 4.80. The molecule has 0 spiro atoms. The van der Waals surface area contributed by atoms with E-state index in [-0.39, 0.29) is 0 Å². The van der Waals surface area contributed by atoms with Crippen LogP contribution in [0.3, 0.4) is 0 Å². The second-order valence-electron chi connectivity index (χ2n) is 2.25. The topological polar surface area (TPSA) is 17.1 Å². The summed E-state index contributed by atoms with van der Waals surface area (Å²) in [7, 11) is 0. The zero-order valence-corrected chi connectivity index (χ0v) is 8.63. The van der Waals surface area contributed by atoms with Gasteiger partial charge in [0, 0.05) is 9.92 Å². The van der Waals surface area contributed by atoms with Crippen molar-refractivity contribution in [1.29, 1.82) is 0 Å². The predicted octanol–water partition coefficient (Wildman–Crippen LogP) is 4.10. The van der Waals surface area contributed by atoms with Gasteiger partial charge in [0.05, 0.1) is 0 Å². The summed E-state index contributed by atoms with van der Waals surface area (Å²) in [5.41, 5.74) is 0.944. The SMILES string of the molecule is Cc1cc(SC(=O)Cl)ccc1Cl. The van der Waals surface area contributed by atoms with Crippen molar-refractivity contribution in [1.82, 2.24) is 0 Å². The summed E-state index contributed by atoms with van der Waals surface area (Å²) in [5, 5.41) is 0.696. The fourth-order valence-corrected chi connectivity index (χ4v) is 1.72. The van der Waals surface area contributed by atoms with Crippen LogP contribution in [-0.2, 0) is 0 Å². The Kier molecular flexibility index (Phi) is 3.44. The van der Waals surface area contributed by atoms with Crippen molar-refractivity contribution in [3.63, 3.8) is 0 Å². The molecule has 12 heavy (non-hydrogen) atoms. The summed E-state index contributed by atoms with van der Waals surface area (Å²) in [4.78, 5) is 11.3. The van der Waals surface area contributed by atoms with Crippen LogP contribution in [0.4, 0.5) is 4.79 Å². The minimum Gasteiger partial charge on any atom is -0.268 e. The molecule has 0 radical (unpaired) electrons. The number of hydrogen-bond donors (Lipinski definition) is 0. The van der Waals surface area contributed by atoms with Crippen molar-refractivity contribution < 1.29 is 4.79 Å². The molecule has 1 aromatic carbocycles. The first kappa shape index (κ1) is 9.90. The van der Waals surface area contributed by atoms with E-state index in [2.05, 4.69) is 0 Å². The van der Waals surface area contributed by atoms with Crippen molar-refractivity contribution in [2.75, 3.05) is 0 Å². The molecule has 0 fully saturated rings. The Labute approximate surface area is 85.1 Å². The lowest BCUT2D eigenvalue weighted by atomic mass is 10.2. The summed E-state index contributed by atoms with van der Waals surface area (Å²) in [5.74, 6) is 0. The lowest BCUT2D eigenvalue weighted by molar-refractivity contribution is 0.276. The third-order valence-electron chi connectivity index (χ3n) is 1.33. The average Bonchev–Trinajstić information content (AvgIpc) is 1.96. The van der Waals surface area contributed by atoms with Crippen LogP contribution in [0.5, 0.6) is 0 Å². The van der Waals surface area contributed by atoms with Gasteiger partial charge < -0.3 is 0 Å². The molecule has 0 saturated heterocycles. The van der Waals surface area contributed by atoms with E-state index in [1.165, 1.54) is 0 Å². The molecular weight excluding hydrogens is 215 g/mol. The van der Waals surface area contributed by atoms with E-state index in [0.717, 1.165) is 22.2 Å². The van der Waals surface area contributed by atoms with E-state index in [1.807, 2.05) is 13.0 Å². The van der Waals surface area contributed by atoms with Gasteiger partial charge >= 0.3 is 0 Å². The summed E-state index contributed by atoms with van der Waals surface area (Å²) in [6.45, 7) is 1.88. The molecule has 0 atom stereocenters. The number of carbonyl (C=O) groups is 1. The van der Waals surface area contributed by atoms with Crippen LogP contribution in [-0.4, -0.2) is 4.57 Å². The second kappa shape index (κ2) is 4.17. The number of carbonyl (C=O) groups excluding carboxylic acids is 1. The zero-order chi connectivity index (χ0) is 9.14. The Balaban J connectivity index is 2.89. The third-order valence-corrected chi connectivity index (χ3v) is 2.63. The zero-order valence-electron chi connectivity index (χ0n) is 6.30. The predicted molar refractivity (Wildman–Crippen MR) is 53.3 cm³/mol. The first-order chi connectivity index (χ1) is 5.59. The van der Waals surface area contributed by atoms with Crippen LogP contribution < -0.4 is 0 Å². The van der Waals surface area contributed by atoms with Crippen LogP contribution in [0, 0.1) is 6.92 Å². The minimum absolute atomic E-state index is 0.434. The van der Waals surface area contributed by atoms with Crippen molar-refractivity contribution in [2.24, 2.45) is 0 Å². The molecule has 1 aromatic rings. The fraction of sp³-hybridized carbons (Fsp3) is 0.125. The van der Waals surface area contributed by atoms with E-state index in [4.69, 9.17) is 23.2 Å². The molecule has 0 aromatic heterocycles. The summed E-state index contributed by atoms with van der Waals surface area (Å²) >= 11 is 12.0. The van der Waals surface area contributed by atoms with Crippen molar-refractivity contribution in [3.05, 3.63) is 28.8 Å². The normalized spacial score (nSPS) is 9.92. The Hall–Kier alpha value is -0.180. The molecule has 64 valence electrons. The van der Waals surface area contributed by atoms with Crippen molar-refractivity contribution in [2.45, 2.75) is 11.8 Å². The van der Waals surface area contributed by atoms with E-state index in [1.54, 1.807) is 12.1 Å². The summed E-state index contributed by atoms with van der Waals surface area (Å²) in [6.07, 6.45) is 0. The molecule has 0 aliphatic heterocycles. The van der Waals surface area contributed by atoms with Crippen molar-refractivity contribution in [3.8, 4) is 0 Å². The molecule has 0 bridgehead atoms. The van der Waals surface area contributed by atoms with Gasteiger partial charge in [-0.25, -0.2) is 0 Å². The number of benzene rings is 1. The maximum atomic E-state index is 10.5. The van der Waals surface area contributed by atoms with Gasteiger partial charge in [-0.15, -0.1) is 0 Å². The van der Waals surface area contributed by atoms with Gasteiger partial charge in [-0.2, -0.15) is 0 Å². The van der Waals surface area contributed by atoms with Crippen molar-refractivity contribution >= 4 is 39.5 Å². The minimum atomic E-state index is -0.434. The van der Waals surface area contributed by atoms with Crippen LogP contribution in [0.1, 0.15) is 5.56 Å². The van der Waals surface area contributed by atoms with Crippen LogP contribution in [0.15, 0.2) is 23.1 Å². The molecular formula is C8H6Cl2OS. The second-order valence-corrected chi connectivity index (χ2v) is 4.27. The lowest BCUT2D eigenvalue weighted by Crippen LogP contribution is -1.79. The Bertz CT molecular complexity index is 312. The summed E-state index contributed by atoms with van der Waals surface area (Å²) < 4.78 is -0.434. The van der Waals surface area contributed by atoms with Crippen LogP contribution in [0.25, 0.3) is 0 Å². The first-order valence-electron chi connectivity index (χ1n) is 3.23. The molecule has 0 aliphatic rings. The Morgan fingerprint density at radius 1 is 1.50 bits per heavy atom. The van der Waals surface area contributed by atoms with Gasteiger partial charge in [0.25, 0.3) is 4.57 Å². The standard InChI is InChI=1S/C8H6Cl2OS/c1-5-4-6(12-8(10)11)2-3-7(5)9/h2-4H,1H3. The van der Waals surface area contributed by atoms with Gasteiger partial charge in [0.15, 0.2) is 0 Å². The van der Waals surface area contributed by atoms with Gasteiger partial charge in [0.1, 0.15) is 0 Å². The molecule has 1 nitrogen and oxygen atoms in total. The van der Waals surface area contributed by atoms with Crippen LogP contribution >= 0.6 is 35.0 Å². The largest absolute Gasteiger partial charge is 0.284 e. The molecule has 0 heterocycles. The third kappa shape index (κ3) is 2.70. The quantitative estimate of drug-likeness (QED) is 0.524. The molecule has 1 rings (SSSR count). The maximum absolute atomic E-state index is 10.5. The van der Waals surface area contributed by atoms with Gasteiger partial charge in [-0.05, 0) is 54.0 Å². The number of thioether (sulfide) groups is 1. The number of rotatable bonds is 1. The molecule has 0 aliphatic carbocycles. The highest BCUT2D eigenvalue weighted by Gasteiger charge is 2.01. The number of aryl methyl sites for hydroxylation is 1. The smallest absolute Gasteiger partial charge is 0.268 e. The highest BCUT2D eigenvalue weighted by Crippen LogP contribution is 2.25. The number of hydrogen-bond acceptors (Lipinski definition) is 2. The average molecular weight is 221 g/mol. The molecule has 0 amide bonds. The fourth-order valence-electron chi connectivity index (χ4n) is 0.773. The van der Waals surface area contributed by atoms with E-state index in [9.17, 15) is 4.79 Å². The monoisotopic (exact) mass is 220 g/mol. The maximum Gasteiger partial charge on any atom is 0.284 e. The highest BCUT2D eigenvalue weighted by molar-refractivity contribution is 8.16. The van der Waals surface area contributed by atoms with E-state index in [0.29, 0.717) is 5.02 Å². The molecule has 0 unspecified atom stereocenters. The van der Waals surface area contributed by atoms with Gasteiger partial charge in [-0.1, -0.05) is 11.6 Å². The van der Waals surface area contributed by atoms with Gasteiger partial charge in [0.2, 0.25) is 0 Å². The number of halogens is 2. The summed E-state index contributed by atoms with van der Waals surface area (Å²) in [6, 6.07) is 5.34.